The highest BCUT2D eigenvalue weighted by Gasteiger charge is 2.18. The Labute approximate surface area is 104 Å². The predicted octanol–water partition coefficient (Wildman–Crippen LogP) is 3.43. The van der Waals surface area contributed by atoms with E-state index in [1.807, 2.05) is 12.1 Å². The van der Waals surface area contributed by atoms with Gasteiger partial charge in [-0.3, -0.25) is 0 Å². The highest BCUT2D eigenvalue weighted by molar-refractivity contribution is 9.10. The molecule has 0 radical (unpaired) electrons. The summed E-state index contributed by atoms with van der Waals surface area (Å²) in [6.45, 7) is 0. The molecule has 1 aromatic carbocycles. The van der Waals surface area contributed by atoms with Crippen molar-refractivity contribution >= 4 is 21.6 Å². The summed E-state index contributed by atoms with van der Waals surface area (Å²) in [5.41, 5.74) is 1.06. The minimum Gasteiger partial charge on any atom is -0.495 e. The molecule has 1 N–H and O–H groups in total. The van der Waals surface area contributed by atoms with Crippen LogP contribution in [-0.2, 0) is 0 Å². The first-order valence-electron chi connectivity index (χ1n) is 5.42. The van der Waals surface area contributed by atoms with Gasteiger partial charge in [-0.1, -0.05) is 0 Å². The lowest BCUT2D eigenvalue weighted by Crippen LogP contribution is -2.26. The molecule has 1 aliphatic carbocycles. The first-order chi connectivity index (χ1) is 7.74. The Bertz CT molecular complexity index is 352. The standard InChI is InChI=1S/C12H16BrNO2/c1-15-10-6-9(14-8-4-3-5-8)7-11(16-2)12(10)13/h6-8,14H,3-5H2,1-2H3. The Morgan fingerprint density at radius 3 is 2.12 bits per heavy atom. The van der Waals surface area contributed by atoms with Crippen molar-refractivity contribution in [2.75, 3.05) is 19.5 Å². The number of benzene rings is 1. The minimum atomic E-state index is 0.607. The first kappa shape index (κ1) is 11.6. The van der Waals surface area contributed by atoms with Gasteiger partial charge in [0.15, 0.2) is 0 Å². The van der Waals surface area contributed by atoms with Gasteiger partial charge in [0, 0.05) is 23.9 Å². The van der Waals surface area contributed by atoms with E-state index in [4.69, 9.17) is 9.47 Å². The number of ether oxygens (including phenoxy) is 2. The van der Waals surface area contributed by atoms with E-state index in [2.05, 4.69) is 21.2 Å². The Kier molecular flexibility index (Phi) is 3.59. The van der Waals surface area contributed by atoms with Crippen LogP contribution in [0.1, 0.15) is 19.3 Å². The fourth-order valence-electron chi connectivity index (χ4n) is 1.74. The van der Waals surface area contributed by atoms with Crippen LogP contribution in [-0.4, -0.2) is 20.3 Å². The number of methoxy groups -OCH3 is 2. The van der Waals surface area contributed by atoms with Crippen LogP contribution in [0.3, 0.4) is 0 Å². The molecule has 88 valence electrons. The van der Waals surface area contributed by atoms with Gasteiger partial charge in [-0.05, 0) is 35.2 Å². The summed E-state index contributed by atoms with van der Waals surface area (Å²) in [5, 5.41) is 3.47. The zero-order valence-electron chi connectivity index (χ0n) is 9.55. The Hall–Kier alpha value is -0.900. The van der Waals surface area contributed by atoms with Gasteiger partial charge >= 0.3 is 0 Å². The van der Waals surface area contributed by atoms with Crippen molar-refractivity contribution in [1.82, 2.24) is 0 Å². The van der Waals surface area contributed by atoms with Crippen LogP contribution in [0.5, 0.6) is 11.5 Å². The summed E-state index contributed by atoms with van der Waals surface area (Å²) in [6.07, 6.45) is 3.82. The molecule has 0 unspecified atom stereocenters. The van der Waals surface area contributed by atoms with Gasteiger partial charge in [0.05, 0.1) is 14.2 Å². The predicted molar refractivity (Wildman–Crippen MR) is 68.5 cm³/mol. The van der Waals surface area contributed by atoms with E-state index < -0.39 is 0 Å². The summed E-state index contributed by atoms with van der Waals surface area (Å²) in [6, 6.07) is 4.59. The molecule has 4 heteroatoms. The van der Waals surface area contributed by atoms with Gasteiger partial charge in [-0.2, -0.15) is 0 Å². The summed E-state index contributed by atoms with van der Waals surface area (Å²) in [7, 11) is 3.32. The first-order valence-corrected chi connectivity index (χ1v) is 6.22. The van der Waals surface area contributed by atoms with Gasteiger partial charge in [-0.25, -0.2) is 0 Å². The number of halogens is 1. The maximum absolute atomic E-state index is 5.29. The second kappa shape index (κ2) is 4.95. The average molecular weight is 286 g/mol. The quantitative estimate of drug-likeness (QED) is 0.919. The third-order valence-electron chi connectivity index (χ3n) is 2.92. The van der Waals surface area contributed by atoms with Crippen molar-refractivity contribution in [3.05, 3.63) is 16.6 Å². The fraction of sp³-hybridized carbons (Fsp3) is 0.500. The molecule has 1 aliphatic rings. The van der Waals surface area contributed by atoms with Crippen molar-refractivity contribution in [3.63, 3.8) is 0 Å². The third-order valence-corrected chi connectivity index (χ3v) is 3.70. The zero-order valence-corrected chi connectivity index (χ0v) is 11.1. The van der Waals surface area contributed by atoms with E-state index in [-0.39, 0.29) is 0 Å². The highest BCUT2D eigenvalue weighted by Crippen LogP contribution is 2.38. The normalized spacial score (nSPS) is 15.4. The lowest BCUT2D eigenvalue weighted by molar-refractivity contribution is 0.389. The second-order valence-electron chi connectivity index (χ2n) is 3.97. The molecule has 3 nitrogen and oxygen atoms in total. The largest absolute Gasteiger partial charge is 0.495 e. The van der Waals surface area contributed by atoms with Crippen molar-refractivity contribution < 1.29 is 9.47 Å². The van der Waals surface area contributed by atoms with E-state index in [0.717, 1.165) is 21.7 Å². The van der Waals surface area contributed by atoms with Crippen LogP contribution in [0.25, 0.3) is 0 Å². The summed E-state index contributed by atoms with van der Waals surface area (Å²) >= 11 is 3.46. The maximum atomic E-state index is 5.29. The van der Waals surface area contributed by atoms with Crippen molar-refractivity contribution in [2.24, 2.45) is 0 Å². The van der Waals surface area contributed by atoms with Gasteiger partial charge in [-0.15, -0.1) is 0 Å². The highest BCUT2D eigenvalue weighted by atomic mass is 79.9. The van der Waals surface area contributed by atoms with Crippen LogP contribution in [0.2, 0.25) is 0 Å². The lowest BCUT2D eigenvalue weighted by atomic mass is 9.93. The molecule has 0 heterocycles. The Morgan fingerprint density at radius 2 is 1.75 bits per heavy atom. The van der Waals surface area contributed by atoms with Gasteiger partial charge in [0.2, 0.25) is 0 Å². The molecule has 0 aliphatic heterocycles. The van der Waals surface area contributed by atoms with Crippen LogP contribution < -0.4 is 14.8 Å². The van der Waals surface area contributed by atoms with E-state index in [0.29, 0.717) is 6.04 Å². The fourth-order valence-corrected chi connectivity index (χ4v) is 2.29. The number of hydrogen-bond acceptors (Lipinski definition) is 3. The summed E-state index contributed by atoms with van der Waals surface area (Å²) < 4.78 is 11.4. The van der Waals surface area contributed by atoms with Crippen LogP contribution >= 0.6 is 15.9 Å². The molecular weight excluding hydrogens is 270 g/mol. The molecule has 0 spiro atoms. The minimum absolute atomic E-state index is 0.607. The maximum Gasteiger partial charge on any atom is 0.138 e. The Balaban J connectivity index is 2.23. The van der Waals surface area contributed by atoms with E-state index in [1.54, 1.807) is 14.2 Å². The lowest BCUT2D eigenvalue weighted by Gasteiger charge is -2.28. The van der Waals surface area contributed by atoms with Crippen molar-refractivity contribution in [3.8, 4) is 11.5 Å². The number of rotatable bonds is 4. The molecular formula is C12H16BrNO2. The molecule has 1 aromatic rings. The molecule has 2 rings (SSSR count). The van der Waals surface area contributed by atoms with E-state index in [9.17, 15) is 0 Å². The topological polar surface area (TPSA) is 30.5 Å². The van der Waals surface area contributed by atoms with Crippen LogP contribution in [0.15, 0.2) is 16.6 Å². The number of nitrogens with one attached hydrogen (secondary N) is 1. The van der Waals surface area contributed by atoms with Crippen LogP contribution in [0.4, 0.5) is 5.69 Å². The molecule has 1 saturated carbocycles. The van der Waals surface area contributed by atoms with Crippen molar-refractivity contribution in [1.29, 1.82) is 0 Å². The molecule has 0 saturated heterocycles. The molecule has 0 amide bonds. The van der Waals surface area contributed by atoms with E-state index in [1.165, 1.54) is 19.3 Å². The van der Waals surface area contributed by atoms with Gasteiger partial charge in [0.1, 0.15) is 16.0 Å². The summed E-state index contributed by atoms with van der Waals surface area (Å²) in [4.78, 5) is 0. The monoisotopic (exact) mass is 285 g/mol. The van der Waals surface area contributed by atoms with Gasteiger partial charge in [0.25, 0.3) is 0 Å². The van der Waals surface area contributed by atoms with Gasteiger partial charge < -0.3 is 14.8 Å². The molecule has 0 atom stereocenters. The molecule has 0 aromatic heterocycles. The second-order valence-corrected chi connectivity index (χ2v) is 4.76. The average Bonchev–Trinajstić information content (AvgIpc) is 2.25. The number of hydrogen-bond donors (Lipinski definition) is 1. The number of anilines is 1. The molecule has 0 bridgehead atoms. The third kappa shape index (κ3) is 2.26. The van der Waals surface area contributed by atoms with E-state index >= 15 is 0 Å². The SMILES string of the molecule is COc1cc(NC2CCC2)cc(OC)c1Br. The van der Waals surface area contributed by atoms with Crippen molar-refractivity contribution in [2.45, 2.75) is 25.3 Å². The Morgan fingerprint density at radius 1 is 1.19 bits per heavy atom. The zero-order chi connectivity index (χ0) is 11.5. The van der Waals surface area contributed by atoms with Crippen LogP contribution in [0, 0.1) is 0 Å². The molecule has 16 heavy (non-hydrogen) atoms. The molecule has 1 fully saturated rings. The smallest absolute Gasteiger partial charge is 0.138 e. The summed E-state index contributed by atoms with van der Waals surface area (Å²) in [5.74, 6) is 1.59.